The van der Waals surface area contributed by atoms with Crippen molar-refractivity contribution in [3.63, 3.8) is 0 Å². The van der Waals surface area contributed by atoms with Gasteiger partial charge < -0.3 is 18.9 Å². The summed E-state index contributed by atoms with van der Waals surface area (Å²) in [5.41, 5.74) is 8.03. The summed E-state index contributed by atoms with van der Waals surface area (Å²) in [5.74, 6) is 3.94. The van der Waals surface area contributed by atoms with Crippen molar-refractivity contribution in [1.29, 1.82) is 0 Å². The van der Waals surface area contributed by atoms with Crippen molar-refractivity contribution >= 4 is 41.7 Å². The predicted molar refractivity (Wildman–Crippen MR) is 254 cm³/mol. The second kappa shape index (κ2) is 25.6. The van der Waals surface area contributed by atoms with E-state index in [0.717, 1.165) is 93.2 Å². The number of allylic oxidation sites excluding steroid dienone is 10. The van der Waals surface area contributed by atoms with Crippen LogP contribution in [0.2, 0.25) is 0 Å². The van der Waals surface area contributed by atoms with E-state index in [-0.39, 0.29) is 23.3 Å². The molecule has 0 atom stereocenters. The molecule has 0 unspecified atom stereocenters. The standard InChI is InChI=1S/C23H26O3.C21H20O3.C11H12O/c1-18(24)21(8-4-6-19-10-14-22(25-2)15-11-19)9-5-7-20-12-16-23(26-3)17-13-20;1-23-18-8-3-15(4-9-18)13-17-7-12-21(22)20(17)14-16-5-10-19(24-2)11-6-16;1-3-5-9-7-8-11(12)10(9)6-4-2/h4-7,10-17,21H,8-9H2,1-3H3;3-6,8-11,13-14H,7,12H2,1-2H3;3-6H,1-2,7-8H2. The number of Topliss-reactive ketones (excluding diaryl/α,β-unsaturated/α-hetero) is 3. The number of methoxy groups -OCH3 is 4. The Balaban J connectivity index is 0.000000218. The van der Waals surface area contributed by atoms with E-state index in [4.69, 9.17) is 18.9 Å². The molecule has 0 aromatic heterocycles. The third-order valence-electron chi connectivity index (χ3n) is 10.3. The summed E-state index contributed by atoms with van der Waals surface area (Å²) in [6.07, 6.45) is 23.6. The van der Waals surface area contributed by atoms with Gasteiger partial charge in [0.15, 0.2) is 11.6 Å². The van der Waals surface area contributed by atoms with Crippen LogP contribution in [0.25, 0.3) is 24.3 Å². The van der Waals surface area contributed by atoms with Crippen LogP contribution in [0.5, 0.6) is 23.0 Å². The lowest BCUT2D eigenvalue weighted by molar-refractivity contribution is -0.120. The fourth-order valence-electron chi connectivity index (χ4n) is 6.71. The van der Waals surface area contributed by atoms with Gasteiger partial charge in [0.1, 0.15) is 28.8 Å². The quantitative estimate of drug-likeness (QED) is 0.110. The van der Waals surface area contributed by atoms with E-state index >= 15 is 0 Å². The Morgan fingerprint density at radius 1 is 0.516 bits per heavy atom. The third kappa shape index (κ3) is 15.2. The van der Waals surface area contributed by atoms with Crippen LogP contribution < -0.4 is 18.9 Å². The minimum absolute atomic E-state index is 0.000929. The average Bonchev–Trinajstić information content (AvgIpc) is 3.83. The molecule has 0 N–H and O–H groups in total. The SMILES string of the molecule is C=CC=C1CCC(=O)C1=CC=C.COc1ccc(C=C2CCC(=O)C2=Cc2ccc(OC)cc2)cc1.COc1ccc(C=CCC(CC=Cc2ccc(OC)cc2)C(C)=O)cc1. The Kier molecular flexibility index (Phi) is 19.7. The van der Waals surface area contributed by atoms with E-state index in [1.165, 1.54) is 0 Å². The van der Waals surface area contributed by atoms with Gasteiger partial charge in [-0.15, -0.1) is 0 Å². The molecule has 2 fully saturated rings. The molecule has 0 saturated heterocycles. The van der Waals surface area contributed by atoms with Gasteiger partial charge in [-0.1, -0.05) is 116 Å². The molecule has 7 nitrogen and oxygen atoms in total. The van der Waals surface area contributed by atoms with Crippen LogP contribution in [0.1, 0.15) is 67.7 Å². The maximum absolute atomic E-state index is 12.2. The van der Waals surface area contributed by atoms with E-state index in [9.17, 15) is 14.4 Å². The molecule has 62 heavy (non-hydrogen) atoms. The first-order valence-electron chi connectivity index (χ1n) is 20.6. The van der Waals surface area contributed by atoms with Gasteiger partial charge in [-0.25, -0.2) is 0 Å². The van der Waals surface area contributed by atoms with Crippen molar-refractivity contribution in [2.75, 3.05) is 28.4 Å². The lowest BCUT2D eigenvalue weighted by Gasteiger charge is -2.08. The second-order valence-electron chi connectivity index (χ2n) is 14.5. The fourth-order valence-corrected chi connectivity index (χ4v) is 6.71. The van der Waals surface area contributed by atoms with E-state index in [1.54, 1.807) is 53.6 Å². The van der Waals surface area contributed by atoms with Crippen molar-refractivity contribution in [2.24, 2.45) is 5.92 Å². The maximum atomic E-state index is 12.2. The molecule has 2 aliphatic carbocycles. The molecule has 7 heteroatoms. The lowest BCUT2D eigenvalue weighted by Crippen LogP contribution is -2.08. The molecular weight excluding hydrogens is 773 g/mol. The number of carbonyl (C=O) groups excluding carboxylic acids is 3. The Morgan fingerprint density at radius 3 is 1.27 bits per heavy atom. The highest BCUT2D eigenvalue weighted by atomic mass is 16.5. The number of benzene rings is 4. The number of ketones is 3. The van der Waals surface area contributed by atoms with Crippen molar-refractivity contribution in [3.8, 4) is 23.0 Å². The minimum Gasteiger partial charge on any atom is -0.497 e. The Morgan fingerprint density at radius 2 is 0.887 bits per heavy atom. The second-order valence-corrected chi connectivity index (χ2v) is 14.5. The normalized spacial score (nSPS) is 16.5. The first kappa shape index (κ1) is 47.7. The number of ether oxygens (including phenoxy) is 4. The van der Waals surface area contributed by atoms with Crippen LogP contribution in [0.15, 0.2) is 169 Å². The summed E-state index contributed by atoms with van der Waals surface area (Å²) >= 11 is 0. The van der Waals surface area contributed by atoms with E-state index in [1.807, 2.05) is 121 Å². The van der Waals surface area contributed by atoms with Gasteiger partial charge in [-0.2, -0.15) is 0 Å². The largest absolute Gasteiger partial charge is 0.497 e. The Labute approximate surface area is 367 Å². The zero-order valence-corrected chi connectivity index (χ0v) is 36.6. The zero-order chi connectivity index (χ0) is 44.7. The van der Waals surface area contributed by atoms with Gasteiger partial charge in [-0.3, -0.25) is 14.4 Å². The summed E-state index contributed by atoms with van der Waals surface area (Å²) < 4.78 is 20.7. The topological polar surface area (TPSA) is 88.1 Å². The van der Waals surface area contributed by atoms with Crippen molar-refractivity contribution < 1.29 is 33.3 Å². The third-order valence-corrected chi connectivity index (χ3v) is 10.3. The molecule has 2 saturated carbocycles. The molecule has 6 rings (SSSR count). The van der Waals surface area contributed by atoms with Gasteiger partial charge in [0.2, 0.25) is 0 Å². The molecule has 4 aromatic rings. The summed E-state index contributed by atoms with van der Waals surface area (Å²) in [6, 6.07) is 31.3. The average molecular weight is 831 g/mol. The Hall–Kier alpha value is -6.99. The van der Waals surface area contributed by atoms with Crippen molar-refractivity contribution in [3.05, 3.63) is 191 Å². The van der Waals surface area contributed by atoms with E-state index in [0.29, 0.717) is 12.8 Å². The van der Waals surface area contributed by atoms with Crippen LogP contribution in [0.3, 0.4) is 0 Å². The monoisotopic (exact) mass is 830 g/mol. The first-order valence-corrected chi connectivity index (χ1v) is 20.6. The van der Waals surface area contributed by atoms with E-state index < -0.39 is 0 Å². The van der Waals surface area contributed by atoms with Gasteiger partial charge in [0, 0.05) is 29.9 Å². The van der Waals surface area contributed by atoms with Crippen LogP contribution in [-0.4, -0.2) is 45.8 Å². The highest BCUT2D eigenvalue weighted by Gasteiger charge is 2.23. The maximum Gasteiger partial charge on any atom is 0.163 e. The minimum atomic E-state index is -0.000929. The zero-order valence-electron chi connectivity index (χ0n) is 36.6. The molecule has 0 radical (unpaired) electrons. The first-order chi connectivity index (χ1) is 30.1. The Bertz CT molecular complexity index is 2240. The van der Waals surface area contributed by atoms with Gasteiger partial charge in [-0.05, 0) is 121 Å². The summed E-state index contributed by atoms with van der Waals surface area (Å²) in [4.78, 5) is 35.4. The smallest absolute Gasteiger partial charge is 0.163 e. The molecule has 0 spiro atoms. The molecule has 320 valence electrons. The van der Waals surface area contributed by atoms with Crippen LogP contribution >= 0.6 is 0 Å². The fraction of sp³-hybridized carbons (Fsp3) is 0.218. The molecule has 4 aromatic carbocycles. The lowest BCUT2D eigenvalue weighted by atomic mass is 9.96. The molecule has 2 aliphatic rings. The molecule has 0 aliphatic heterocycles. The van der Waals surface area contributed by atoms with E-state index in [2.05, 4.69) is 31.4 Å². The summed E-state index contributed by atoms with van der Waals surface area (Å²) in [5, 5.41) is 0. The van der Waals surface area contributed by atoms with Crippen LogP contribution in [0, 0.1) is 5.92 Å². The van der Waals surface area contributed by atoms with Gasteiger partial charge in [0.05, 0.1) is 28.4 Å². The van der Waals surface area contributed by atoms with Crippen molar-refractivity contribution in [2.45, 2.75) is 45.4 Å². The molecule has 0 amide bonds. The molecule has 0 heterocycles. The highest BCUT2D eigenvalue weighted by molar-refractivity contribution is 6.08. The number of rotatable bonds is 15. The van der Waals surface area contributed by atoms with Crippen LogP contribution in [0.4, 0.5) is 0 Å². The van der Waals surface area contributed by atoms with Crippen LogP contribution in [-0.2, 0) is 14.4 Å². The van der Waals surface area contributed by atoms with Gasteiger partial charge in [0.25, 0.3) is 0 Å². The number of carbonyl (C=O) groups is 3. The molecular formula is C55H58O7. The van der Waals surface area contributed by atoms with Crippen molar-refractivity contribution in [1.82, 2.24) is 0 Å². The number of hydrogen-bond donors (Lipinski definition) is 0. The summed E-state index contributed by atoms with van der Waals surface area (Å²) in [6.45, 7) is 8.83. The highest BCUT2D eigenvalue weighted by Crippen LogP contribution is 2.32. The number of hydrogen-bond acceptors (Lipinski definition) is 7. The van der Waals surface area contributed by atoms with Gasteiger partial charge >= 0.3 is 0 Å². The molecule has 0 bridgehead atoms. The summed E-state index contributed by atoms with van der Waals surface area (Å²) in [7, 11) is 6.60. The predicted octanol–water partition coefficient (Wildman–Crippen LogP) is 12.5.